The van der Waals surface area contributed by atoms with Crippen LogP contribution in [0.4, 0.5) is 11.4 Å². The van der Waals surface area contributed by atoms with Crippen molar-refractivity contribution in [3.8, 4) is 0 Å². The second-order valence-corrected chi connectivity index (χ2v) is 9.87. The molecule has 0 aliphatic heterocycles. The van der Waals surface area contributed by atoms with Gasteiger partial charge >= 0.3 is 0 Å². The highest BCUT2D eigenvalue weighted by Crippen LogP contribution is 2.27. The molecule has 1 N–H and O–H groups in total. The summed E-state index contributed by atoms with van der Waals surface area (Å²) in [4.78, 5) is 29.5. The van der Waals surface area contributed by atoms with Crippen LogP contribution in [0, 0.1) is 12.8 Å². The van der Waals surface area contributed by atoms with E-state index in [0.29, 0.717) is 17.5 Å². The Morgan fingerprint density at radius 1 is 1.06 bits per heavy atom. The quantitative estimate of drug-likeness (QED) is 0.428. The number of amides is 2. The first kappa shape index (κ1) is 28.0. The molecule has 1 aliphatic rings. The number of carbonyl (C=O) groups excluding carboxylic acids is 2. The van der Waals surface area contributed by atoms with Crippen LogP contribution < -0.4 is 15.1 Å². The number of hydrogen-bond acceptors (Lipinski definition) is 3. The molecule has 0 saturated carbocycles. The van der Waals surface area contributed by atoms with Gasteiger partial charge in [-0.05, 0) is 92.0 Å². The zero-order chi connectivity index (χ0) is 24.0. The fourth-order valence-electron chi connectivity index (χ4n) is 4.35. The van der Waals surface area contributed by atoms with Crippen LogP contribution in [0.25, 0.3) is 0 Å². The normalized spacial score (nSPS) is 12.2. The number of anilines is 2. The number of aryl methyl sites for hydroxylation is 3. The van der Waals surface area contributed by atoms with E-state index < -0.39 is 0 Å². The lowest BCUT2D eigenvalue weighted by Crippen LogP contribution is -2.44. The van der Waals surface area contributed by atoms with Crippen molar-refractivity contribution in [1.82, 2.24) is 5.32 Å². The summed E-state index contributed by atoms with van der Waals surface area (Å²) in [6.07, 6.45) is 5.38. The van der Waals surface area contributed by atoms with Gasteiger partial charge in [0.25, 0.3) is 0 Å². The van der Waals surface area contributed by atoms with Crippen LogP contribution in [0.3, 0.4) is 0 Å². The Bertz CT molecular complexity index is 994. The molecule has 2 amide bonds. The topological polar surface area (TPSA) is 52.7 Å². The first-order chi connectivity index (χ1) is 15.7. The summed E-state index contributed by atoms with van der Waals surface area (Å²) >= 11 is 6.15. The average molecular weight is 507 g/mol. The number of nitrogens with one attached hydrogen (secondary N) is 1. The molecule has 0 heterocycles. The highest BCUT2D eigenvalue weighted by molar-refractivity contribution is 6.30. The van der Waals surface area contributed by atoms with Gasteiger partial charge in [0, 0.05) is 30.0 Å². The fraction of sp³-hybridized carbons (Fsp3) is 0.481. The lowest BCUT2D eigenvalue weighted by Gasteiger charge is -2.28. The molecule has 2 aromatic carbocycles. The maximum Gasteiger partial charge on any atom is 0.246 e. The van der Waals surface area contributed by atoms with Gasteiger partial charge in [-0.25, -0.2) is 0 Å². The first-order valence-electron chi connectivity index (χ1n) is 11.9. The van der Waals surface area contributed by atoms with Crippen LogP contribution in [0.2, 0.25) is 5.02 Å². The zero-order valence-corrected chi connectivity index (χ0v) is 22.3. The molecule has 0 unspecified atom stereocenters. The lowest BCUT2D eigenvalue weighted by atomic mass is 10.1. The monoisotopic (exact) mass is 505 g/mol. The summed E-state index contributed by atoms with van der Waals surface area (Å²) < 4.78 is 0. The van der Waals surface area contributed by atoms with Gasteiger partial charge in [0.05, 0.1) is 13.1 Å². The summed E-state index contributed by atoms with van der Waals surface area (Å²) in [5, 5.41) is 3.64. The average Bonchev–Trinajstić information content (AvgIpc) is 3.23. The zero-order valence-electron chi connectivity index (χ0n) is 20.7. The summed E-state index contributed by atoms with van der Waals surface area (Å²) in [5.41, 5.74) is 5.38. The molecule has 2 aromatic rings. The van der Waals surface area contributed by atoms with Crippen molar-refractivity contribution in [3.05, 3.63) is 58.1 Å². The molecule has 186 valence electrons. The maximum absolute atomic E-state index is 13.2. The minimum absolute atomic E-state index is 0. The molecule has 0 saturated heterocycles. The fourth-order valence-corrected chi connectivity index (χ4v) is 4.57. The smallest absolute Gasteiger partial charge is 0.246 e. The van der Waals surface area contributed by atoms with Crippen LogP contribution in [0.15, 0.2) is 36.4 Å². The van der Waals surface area contributed by atoms with Gasteiger partial charge < -0.3 is 15.1 Å². The van der Waals surface area contributed by atoms with Crippen LogP contribution in [0.1, 0.15) is 49.8 Å². The van der Waals surface area contributed by atoms with Crippen LogP contribution >= 0.6 is 24.0 Å². The van der Waals surface area contributed by atoms with Gasteiger partial charge in [0.2, 0.25) is 11.8 Å². The second-order valence-electron chi connectivity index (χ2n) is 9.43. The number of hydrogen-bond donors (Lipinski definition) is 1. The third kappa shape index (κ3) is 7.64. The van der Waals surface area contributed by atoms with E-state index in [1.807, 2.05) is 30.0 Å². The number of rotatable bonds is 10. The molecule has 3 rings (SSSR count). The molecule has 0 radical (unpaired) electrons. The van der Waals surface area contributed by atoms with Crippen molar-refractivity contribution >= 4 is 47.2 Å². The van der Waals surface area contributed by atoms with Crippen molar-refractivity contribution in [3.63, 3.8) is 0 Å². The summed E-state index contributed by atoms with van der Waals surface area (Å²) in [5.74, 6) is 0.471. The number of carbonyl (C=O) groups is 2. The van der Waals surface area contributed by atoms with Gasteiger partial charge in [-0.15, -0.1) is 12.4 Å². The van der Waals surface area contributed by atoms with E-state index in [2.05, 4.69) is 31.3 Å². The van der Waals surface area contributed by atoms with E-state index in [4.69, 9.17) is 11.6 Å². The molecular formula is C27H37Cl2N3O2. The standard InChI is InChI=1S/C27H36ClN3O2.ClH/c1-19(2)7-6-14-29-26(32)17-31(25-13-11-23(28)15-20(25)3)18-27(33)30(4)24-12-10-21-8-5-9-22(21)16-24;/h10-13,15-16,19H,5-9,14,17-18H2,1-4H3,(H,29,32);1H. The van der Waals surface area contributed by atoms with E-state index in [1.165, 1.54) is 17.5 Å². The summed E-state index contributed by atoms with van der Waals surface area (Å²) in [7, 11) is 1.80. The van der Waals surface area contributed by atoms with E-state index in [9.17, 15) is 9.59 Å². The highest BCUT2D eigenvalue weighted by Gasteiger charge is 2.21. The lowest BCUT2D eigenvalue weighted by molar-refractivity contribution is -0.119. The molecule has 0 fully saturated rings. The minimum atomic E-state index is -0.0823. The van der Waals surface area contributed by atoms with Crippen molar-refractivity contribution < 1.29 is 9.59 Å². The van der Waals surface area contributed by atoms with Crippen LogP contribution in [-0.4, -0.2) is 38.5 Å². The molecular weight excluding hydrogens is 469 g/mol. The second kappa shape index (κ2) is 13.0. The van der Waals surface area contributed by atoms with Gasteiger partial charge in [-0.2, -0.15) is 0 Å². The number of halogens is 2. The Morgan fingerprint density at radius 3 is 2.50 bits per heavy atom. The third-order valence-corrected chi connectivity index (χ3v) is 6.52. The summed E-state index contributed by atoms with van der Waals surface area (Å²) in [6.45, 7) is 7.17. The molecule has 7 heteroatoms. The molecule has 5 nitrogen and oxygen atoms in total. The Hall–Kier alpha value is -2.24. The summed E-state index contributed by atoms with van der Waals surface area (Å²) in [6, 6.07) is 11.8. The predicted molar refractivity (Wildman–Crippen MR) is 145 cm³/mol. The van der Waals surface area contributed by atoms with Gasteiger partial charge in [0.15, 0.2) is 0 Å². The molecule has 1 aliphatic carbocycles. The Balaban J connectivity index is 0.00000408. The minimum Gasteiger partial charge on any atom is -0.355 e. The van der Waals surface area contributed by atoms with Crippen molar-refractivity contribution in [2.75, 3.05) is 36.5 Å². The van der Waals surface area contributed by atoms with Gasteiger partial charge in [0.1, 0.15) is 0 Å². The van der Waals surface area contributed by atoms with E-state index >= 15 is 0 Å². The molecule has 0 spiro atoms. The van der Waals surface area contributed by atoms with Gasteiger partial charge in [-0.1, -0.05) is 31.5 Å². The molecule has 34 heavy (non-hydrogen) atoms. The maximum atomic E-state index is 13.2. The Labute approximate surface area is 215 Å². The highest BCUT2D eigenvalue weighted by atomic mass is 35.5. The van der Waals surface area contributed by atoms with Crippen molar-refractivity contribution in [2.24, 2.45) is 5.92 Å². The van der Waals surface area contributed by atoms with Crippen molar-refractivity contribution in [2.45, 2.75) is 52.9 Å². The third-order valence-electron chi connectivity index (χ3n) is 6.28. The van der Waals surface area contributed by atoms with E-state index in [1.54, 1.807) is 18.0 Å². The van der Waals surface area contributed by atoms with E-state index in [-0.39, 0.29) is 37.3 Å². The van der Waals surface area contributed by atoms with Crippen LogP contribution in [0.5, 0.6) is 0 Å². The van der Waals surface area contributed by atoms with E-state index in [0.717, 1.165) is 42.6 Å². The molecule has 0 bridgehead atoms. The largest absolute Gasteiger partial charge is 0.355 e. The Kier molecular flexibility index (Phi) is 10.7. The van der Waals surface area contributed by atoms with Crippen LogP contribution in [-0.2, 0) is 22.4 Å². The molecule has 0 aromatic heterocycles. The molecule has 0 atom stereocenters. The predicted octanol–water partition coefficient (Wildman–Crippen LogP) is 5.58. The SMILES string of the molecule is Cc1cc(Cl)ccc1N(CC(=O)NCCCC(C)C)CC(=O)N(C)c1ccc2c(c1)CCC2.Cl. The Morgan fingerprint density at radius 2 is 1.79 bits per heavy atom. The number of likely N-dealkylation sites (N-methyl/N-ethyl adjacent to an activating group) is 1. The van der Waals surface area contributed by atoms with Gasteiger partial charge in [-0.3, -0.25) is 9.59 Å². The number of nitrogens with zero attached hydrogens (tertiary/aromatic N) is 2. The first-order valence-corrected chi connectivity index (χ1v) is 12.3. The number of fused-ring (bicyclic) bond motifs is 1. The number of benzene rings is 2. The van der Waals surface area contributed by atoms with Crippen molar-refractivity contribution in [1.29, 1.82) is 0 Å².